The molecule has 0 heterocycles. The maximum atomic E-state index is 8.80. The first-order chi connectivity index (χ1) is 17.3. The first-order valence-corrected chi connectivity index (χ1v) is 16.2. The van der Waals surface area contributed by atoms with Crippen LogP contribution in [0.3, 0.4) is 0 Å². The second-order valence-electron chi connectivity index (χ2n) is 10.8. The molecule has 1 atom stereocenters. The minimum atomic E-state index is -0.356. The Hall–Kier alpha value is -0.430. The molecule has 2 nitrogen and oxygen atoms in total. The van der Waals surface area contributed by atoms with Crippen molar-refractivity contribution in [2.75, 3.05) is 6.61 Å². The fourth-order valence-corrected chi connectivity index (χ4v) is 5.89. The summed E-state index contributed by atoms with van der Waals surface area (Å²) in [5, 5.41) is 0. The monoisotopic (exact) mass is 506 g/mol. The van der Waals surface area contributed by atoms with Gasteiger partial charge in [0.05, 0.1) is 6.61 Å². The average molecular weight is 507 g/mol. The van der Waals surface area contributed by atoms with Gasteiger partial charge < -0.3 is 9.42 Å². The predicted octanol–water partition coefficient (Wildman–Crippen LogP) is 11.1. The van der Waals surface area contributed by atoms with E-state index in [4.69, 9.17) is 9.42 Å². The summed E-state index contributed by atoms with van der Waals surface area (Å²) in [7, 11) is -0.356. The molecule has 204 valence electrons. The SMILES string of the molecule is CCCCCCCCCC(CCCCCCCCC)(CCCCCCCOPO)c1ccccc1. The topological polar surface area (TPSA) is 29.5 Å². The van der Waals surface area contributed by atoms with Crippen LogP contribution < -0.4 is 0 Å². The van der Waals surface area contributed by atoms with E-state index in [2.05, 4.69) is 44.2 Å². The lowest BCUT2D eigenvalue weighted by Crippen LogP contribution is -2.26. The smallest absolute Gasteiger partial charge is 0.152 e. The largest absolute Gasteiger partial charge is 0.352 e. The molecule has 0 radical (unpaired) electrons. The molecule has 0 bridgehead atoms. The minimum Gasteiger partial charge on any atom is -0.352 e. The lowest BCUT2D eigenvalue weighted by Gasteiger charge is -2.35. The van der Waals surface area contributed by atoms with E-state index in [1.807, 2.05) is 0 Å². The first kappa shape index (κ1) is 32.6. The molecule has 0 fully saturated rings. The van der Waals surface area contributed by atoms with Crippen molar-refractivity contribution in [1.29, 1.82) is 0 Å². The van der Waals surface area contributed by atoms with Crippen molar-refractivity contribution < 1.29 is 9.42 Å². The van der Waals surface area contributed by atoms with Crippen LogP contribution in [-0.2, 0) is 9.94 Å². The normalized spacial score (nSPS) is 12.2. The molecule has 1 unspecified atom stereocenters. The minimum absolute atomic E-state index is 0.356. The van der Waals surface area contributed by atoms with Gasteiger partial charge in [0.15, 0.2) is 9.03 Å². The van der Waals surface area contributed by atoms with Gasteiger partial charge in [-0.3, -0.25) is 0 Å². The molecule has 3 heteroatoms. The highest BCUT2D eigenvalue weighted by Crippen LogP contribution is 2.40. The maximum Gasteiger partial charge on any atom is 0.152 e. The summed E-state index contributed by atoms with van der Waals surface area (Å²) in [5.41, 5.74) is 1.98. The van der Waals surface area contributed by atoms with Gasteiger partial charge in [-0.05, 0) is 36.7 Å². The molecule has 1 aromatic rings. The molecule has 0 spiro atoms. The molecule has 0 saturated carbocycles. The van der Waals surface area contributed by atoms with Gasteiger partial charge >= 0.3 is 0 Å². The first-order valence-electron chi connectivity index (χ1n) is 15.4. The Morgan fingerprint density at radius 2 is 0.971 bits per heavy atom. The number of hydrogen-bond donors (Lipinski definition) is 1. The number of benzene rings is 1. The molecule has 0 aliphatic carbocycles. The van der Waals surface area contributed by atoms with Gasteiger partial charge in [0, 0.05) is 0 Å². The van der Waals surface area contributed by atoms with Crippen LogP contribution in [0.2, 0.25) is 0 Å². The van der Waals surface area contributed by atoms with E-state index in [1.165, 1.54) is 135 Å². The summed E-state index contributed by atoms with van der Waals surface area (Å²) >= 11 is 0. The van der Waals surface area contributed by atoms with Gasteiger partial charge in [0.25, 0.3) is 0 Å². The van der Waals surface area contributed by atoms with Crippen LogP contribution in [0, 0.1) is 0 Å². The lowest BCUT2D eigenvalue weighted by molar-refractivity contribution is 0.294. The molecule has 1 rings (SSSR count). The molecular formula is C32H59O2P. The zero-order valence-electron chi connectivity index (χ0n) is 23.5. The van der Waals surface area contributed by atoms with Crippen LogP contribution >= 0.6 is 9.03 Å². The molecule has 1 N–H and O–H groups in total. The third-order valence-electron chi connectivity index (χ3n) is 7.87. The highest BCUT2D eigenvalue weighted by Gasteiger charge is 2.30. The molecule has 0 aliphatic heterocycles. The molecule has 0 saturated heterocycles. The Bertz CT molecular complexity index is 530. The van der Waals surface area contributed by atoms with E-state index in [-0.39, 0.29) is 9.03 Å². The van der Waals surface area contributed by atoms with Gasteiger partial charge in [-0.15, -0.1) is 0 Å². The van der Waals surface area contributed by atoms with Crippen LogP contribution in [0.15, 0.2) is 30.3 Å². The quantitative estimate of drug-likeness (QED) is 0.1000. The Balaban J connectivity index is 2.65. The fraction of sp³-hybridized carbons (Fsp3) is 0.812. The van der Waals surface area contributed by atoms with E-state index >= 15 is 0 Å². The predicted molar refractivity (Wildman–Crippen MR) is 158 cm³/mol. The molecule has 1 aromatic carbocycles. The Morgan fingerprint density at radius 1 is 0.571 bits per heavy atom. The Morgan fingerprint density at radius 3 is 1.40 bits per heavy atom. The van der Waals surface area contributed by atoms with Crippen LogP contribution in [0.1, 0.15) is 161 Å². The van der Waals surface area contributed by atoms with Crippen molar-refractivity contribution in [2.45, 2.75) is 161 Å². The standard InChI is InChI=1S/C32H59O2P/c1-3-5-7-9-11-14-21-27-32(31-25-19-18-20-26-31,28-22-15-12-10-8-6-4-2)29-23-16-13-17-24-30-34-35-33/h18-20,25-26,33,35H,3-17,21-24,27-30H2,1-2H3. The Labute approximate surface area is 221 Å². The van der Waals surface area contributed by atoms with E-state index in [0.717, 1.165) is 6.42 Å². The van der Waals surface area contributed by atoms with Crippen LogP contribution in [-0.4, -0.2) is 11.5 Å². The summed E-state index contributed by atoms with van der Waals surface area (Å²) in [4.78, 5) is 8.80. The Kier molecular flexibility index (Phi) is 22.3. The van der Waals surface area contributed by atoms with Gasteiger partial charge in [0.1, 0.15) is 0 Å². The van der Waals surface area contributed by atoms with Crippen LogP contribution in [0.25, 0.3) is 0 Å². The molecule has 0 aromatic heterocycles. The molecular weight excluding hydrogens is 447 g/mol. The second-order valence-corrected chi connectivity index (χ2v) is 11.3. The van der Waals surface area contributed by atoms with Gasteiger partial charge in [-0.25, -0.2) is 0 Å². The van der Waals surface area contributed by atoms with Crippen molar-refractivity contribution in [3.63, 3.8) is 0 Å². The molecule has 0 aliphatic rings. The third kappa shape index (κ3) is 16.8. The molecule has 0 amide bonds. The lowest BCUT2D eigenvalue weighted by atomic mass is 9.69. The van der Waals surface area contributed by atoms with Crippen molar-refractivity contribution in [3.8, 4) is 0 Å². The van der Waals surface area contributed by atoms with Crippen molar-refractivity contribution in [1.82, 2.24) is 0 Å². The summed E-state index contributed by atoms with van der Waals surface area (Å²) in [6.07, 6.45) is 29.9. The van der Waals surface area contributed by atoms with Crippen molar-refractivity contribution in [3.05, 3.63) is 35.9 Å². The van der Waals surface area contributed by atoms with E-state index in [1.54, 1.807) is 5.56 Å². The highest BCUT2D eigenvalue weighted by atomic mass is 31.1. The highest BCUT2D eigenvalue weighted by molar-refractivity contribution is 7.24. The maximum absolute atomic E-state index is 8.80. The van der Waals surface area contributed by atoms with Crippen molar-refractivity contribution >= 4 is 9.03 Å². The van der Waals surface area contributed by atoms with Gasteiger partial charge in [-0.1, -0.05) is 160 Å². The number of hydrogen-bond acceptors (Lipinski definition) is 2. The molecule has 35 heavy (non-hydrogen) atoms. The van der Waals surface area contributed by atoms with E-state index in [9.17, 15) is 0 Å². The zero-order chi connectivity index (χ0) is 25.3. The number of rotatable bonds is 26. The van der Waals surface area contributed by atoms with Crippen molar-refractivity contribution in [2.24, 2.45) is 0 Å². The second kappa shape index (κ2) is 23.9. The fourth-order valence-electron chi connectivity index (χ4n) is 5.65. The zero-order valence-corrected chi connectivity index (χ0v) is 24.5. The summed E-state index contributed by atoms with van der Waals surface area (Å²) in [5.74, 6) is 0. The van der Waals surface area contributed by atoms with E-state index < -0.39 is 0 Å². The number of unbranched alkanes of at least 4 members (excludes halogenated alkanes) is 16. The van der Waals surface area contributed by atoms with Gasteiger partial charge in [0.2, 0.25) is 0 Å². The third-order valence-corrected chi connectivity index (χ3v) is 8.20. The van der Waals surface area contributed by atoms with Crippen LogP contribution in [0.4, 0.5) is 0 Å². The van der Waals surface area contributed by atoms with Gasteiger partial charge in [-0.2, -0.15) is 0 Å². The van der Waals surface area contributed by atoms with E-state index in [0.29, 0.717) is 12.0 Å². The average Bonchev–Trinajstić information content (AvgIpc) is 2.89. The van der Waals surface area contributed by atoms with Crippen LogP contribution in [0.5, 0.6) is 0 Å². The summed E-state index contributed by atoms with van der Waals surface area (Å²) in [6, 6.07) is 11.6. The summed E-state index contributed by atoms with van der Waals surface area (Å²) in [6.45, 7) is 5.32. The summed E-state index contributed by atoms with van der Waals surface area (Å²) < 4.78 is 5.11.